The van der Waals surface area contributed by atoms with Crippen LogP contribution in [0.25, 0.3) is 16.9 Å². The number of aromatic hydroxyl groups is 1. The molecule has 11 heteroatoms. The second-order valence-electron chi connectivity index (χ2n) is 8.50. The third-order valence-corrected chi connectivity index (χ3v) is 6.67. The monoisotopic (exact) mass is 453 g/mol. The maximum absolute atomic E-state index is 15.4. The Morgan fingerprint density at radius 3 is 2.61 bits per heavy atom. The highest BCUT2D eigenvalue weighted by Crippen LogP contribution is 2.38. The Labute approximate surface area is 189 Å². The molecule has 2 aliphatic rings. The van der Waals surface area contributed by atoms with Gasteiger partial charge in [-0.3, -0.25) is 4.90 Å². The molecule has 2 saturated heterocycles. The standard InChI is InChI=1S/C22H24FN7O3/c1-28(18-11-13-3-2-4-17(21(18)23)29(13)22(32)33)20-8-7-16(26-27-20)15-6-5-14(12-19(15)31)30-24-9-10-25-30/h5-10,12-13,17-18,21,31H,2-4,11H2,1H3,(H,32,33)/t13-,17+,18-,21+/m0/s1. The van der Waals surface area contributed by atoms with Crippen molar-refractivity contribution < 1.29 is 19.4 Å². The molecule has 4 heterocycles. The summed E-state index contributed by atoms with van der Waals surface area (Å²) in [6.45, 7) is 0. The Balaban J connectivity index is 1.35. The van der Waals surface area contributed by atoms with Crippen LogP contribution < -0.4 is 4.90 Å². The largest absolute Gasteiger partial charge is 0.507 e. The van der Waals surface area contributed by atoms with Crippen LogP contribution in [0.1, 0.15) is 25.7 Å². The smallest absolute Gasteiger partial charge is 0.407 e. The van der Waals surface area contributed by atoms with Crippen LogP contribution in [-0.4, -0.2) is 77.7 Å². The molecule has 0 saturated carbocycles. The van der Waals surface area contributed by atoms with Crippen LogP contribution in [0.15, 0.2) is 42.7 Å². The van der Waals surface area contributed by atoms with Gasteiger partial charge in [0.2, 0.25) is 0 Å². The van der Waals surface area contributed by atoms with E-state index in [4.69, 9.17) is 0 Å². The molecule has 0 spiro atoms. The van der Waals surface area contributed by atoms with Gasteiger partial charge < -0.3 is 15.1 Å². The van der Waals surface area contributed by atoms with E-state index < -0.39 is 24.3 Å². The number of anilines is 1. The highest BCUT2D eigenvalue weighted by molar-refractivity contribution is 5.69. The van der Waals surface area contributed by atoms with Gasteiger partial charge in [-0.2, -0.15) is 15.0 Å². The lowest BCUT2D eigenvalue weighted by molar-refractivity contribution is -0.0127. The van der Waals surface area contributed by atoms with Gasteiger partial charge in [-0.05, 0) is 49.9 Å². The van der Waals surface area contributed by atoms with Crippen molar-refractivity contribution in [3.63, 3.8) is 0 Å². The van der Waals surface area contributed by atoms with Crippen molar-refractivity contribution in [2.45, 2.75) is 50.0 Å². The number of benzene rings is 1. The summed E-state index contributed by atoms with van der Waals surface area (Å²) in [5.74, 6) is 0.503. The van der Waals surface area contributed by atoms with Crippen molar-refractivity contribution in [1.29, 1.82) is 0 Å². The number of halogens is 1. The van der Waals surface area contributed by atoms with Crippen molar-refractivity contribution >= 4 is 11.9 Å². The zero-order valence-corrected chi connectivity index (χ0v) is 18.0. The summed E-state index contributed by atoms with van der Waals surface area (Å²) in [6.07, 6.45) is 3.26. The number of hydrogen-bond acceptors (Lipinski definition) is 7. The fourth-order valence-electron chi connectivity index (χ4n) is 5.03. The topological polar surface area (TPSA) is 121 Å². The lowest BCUT2D eigenvalue weighted by Crippen LogP contribution is -2.64. The van der Waals surface area contributed by atoms with E-state index in [-0.39, 0.29) is 11.8 Å². The first-order valence-corrected chi connectivity index (χ1v) is 10.9. The molecule has 10 nitrogen and oxygen atoms in total. The quantitative estimate of drug-likeness (QED) is 0.619. The minimum absolute atomic E-state index is 0.0119. The summed E-state index contributed by atoms with van der Waals surface area (Å²) in [5.41, 5.74) is 1.58. The summed E-state index contributed by atoms with van der Waals surface area (Å²) in [5, 5.41) is 36.6. The molecule has 172 valence electrons. The van der Waals surface area contributed by atoms with Crippen LogP contribution in [0.3, 0.4) is 0 Å². The molecule has 1 aromatic carbocycles. The van der Waals surface area contributed by atoms with Crippen LogP contribution in [0.4, 0.5) is 15.0 Å². The van der Waals surface area contributed by atoms with Gasteiger partial charge in [0.05, 0.1) is 35.9 Å². The number of hydrogen-bond donors (Lipinski definition) is 2. The number of carboxylic acid groups (broad SMARTS) is 1. The lowest BCUT2D eigenvalue weighted by atomic mass is 9.80. The SMILES string of the molecule is CN(c1ccc(-c2ccc(-n3nccn3)cc2O)nn1)[C@H]1C[C@@H]2CCC[C@H]([C@H]1F)N2C(=O)O. The van der Waals surface area contributed by atoms with E-state index in [1.807, 2.05) is 0 Å². The van der Waals surface area contributed by atoms with Crippen molar-refractivity contribution in [2.24, 2.45) is 0 Å². The Hall–Kier alpha value is -3.76. The van der Waals surface area contributed by atoms with E-state index in [1.54, 1.807) is 54.7 Å². The Morgan fingerprint density at radius 2 is 1.94 bits per heavy atom. The third-order valence-electron chi connectivity index (χ3n) is 6.67. The van der Waals surface area contributed by atoms with Crippen LogP contribution in [0, 0.1) is 0 Å². The number of phenolic OH excluding ortho intramolecular Hbond substituents is 1. The molecule has 2 aromatic heterocycles. The molecule has 2 aliphatic heterocycles. The molecule has 3 aromatic rings. The second-order valence-corrected chi connectivity index (χ2v) is 8.50. The number of rotatable bonds is 4. The van der Waals surface area contributed by atoms with E-state index in [1.165, 1.54) is 9.70 Å². The van der Waals surface area contributed by atoms with E-state index in [9.17, 15) is 15.0 Å². The zero-order valence-electron chi connectivity index (χ0n) is 18.0. The molecule has 2 bridgehead atoms. The minimum atomic E-state index is -1.31. The van der Waals surface area contributed by atoms with Gasteiger partial charge in [-0.1, -0.05) is 0 Å². The first kappa shape index (κ1) is 21.1. The van der Waals surface area contributed by atoms with Crippen LogP contribution in [-0.2, 0) is 0 Å². The van der Waals surface area contributed by atoms with Crippen molar-refractivity contribution in [2.75, 3.05) is 11.9 Å². The second kappa shape index (κ2) is 8.30. The predicted molar refractivity (Wildman–Crippen MR) is 117 cm³/mol. The summed E-state index contributed by atoms with van der Waals surface area (Å²) in [4.78, 5) is 16.1. The Kier molecular flexibility index (Phi) is 5.31. The number of amides is 1. The molecule has 0 radical (unpaired) electrons. The highest BCUT2D eigenvalue weighted by Gasteiger charge is 2.49. The summed E-state index contributed by atoms with van der Waals surface area (Å²) in [6, 6.07) is 7.17. The van der Waals surface area contributed by atoms with E-state index in [0.29, 0.717) is 35.6 Å². The molecule has 33 heavy (non-hydrogen) atoms. The number of aromatic nitrogens is 5. The van der Waals surface area contributed by atoms with Crippen molar-refractivity contribution in [3.05, 3.63) is 42.7 Å². The summed E-state index contributed by atoms with van der Waals surface area (Å²) < 4.78 is 15.4. The zero-order chi connectivity index (χ0) is 23.1. The van der Waals surface area contributed by atoms with Gasteiger partial charge in [-0.25, -0.2) is 9.18 Å². The minimum Gasteiger partial charge on any atom is -0.507 e. The number of nitrogens with zero attached hydrogens (tertiary/aromatic N) is 7. The van der Waals surface area contributed by atoms with Crippen LogP contribution in [0.2, 0.25) is 0 Å². The highest BCUT2D eigenvalue weighted by atomic mass is 19.1. The molecule has 2 fully saturated rings. The van der Waals surface area contributed by atoms with Gasteiger partial charge in [0.25, 0.3) is 0 Å². The summed E-state index contributed by atoms with van der Waals surface area (Å²) >= 11 is 0. The average Bonchev–Trinajstić information content (AvgIpc) is 3.36. The number of fused-ring (bicyclic) bond motifs is 2. The number of phenols is 1. The average molecular weight is 453 g/mol. The molecule has 5 rings (SSSR count). The van der Waals surface area contributed by atoms with E-state index >= 15 is 4.39 Å². The van der Waals surface area contributed by atoms with E-state index in [2.05, 4.69) is 20.4 Å². The Morgan fingerprint density at radius 1 is 1.15 bits per heavy atom. The predicted octanol–water partition coefficient (Wildman–Crippen LogP) is 2.88. The number of piperidine rings is 2. The molecular weight excluding hydrogens is 429 g/mol. The maximum atomic E-state index is 15.4. The van der Waals surface area contributed by atoms with Gasteiger partial charge in [0.15, 0.2) is 5.82 Å². The fraction of sp³-hybridized carbons (Fsp3) is 0.409. The first-order valence-electron chi connectivity index (χ1n) is 10.9. The lowest BCUT2D eigenvalue weighted by Gasteiger charge is -2.51. The van der Waals surface area contributed by atoms with Crippen molar-refractivity contribution in [3.8, 4) is 22.7 Å². The molecule has 1 amide bonds. The molecule has 4 atom stereocenters. The molecule has 0 unspecified atom stereocenters. The van der Waals surface area contributed by atoms with Crippen LogP contribution >= 0.6 is 0 Å². The van der Waals surface area contributed by atoms with Gasteiger partial charge in [0, 0.05) is 24.7 Å². The fourth-order valence-corrected chi connectivity index (χ4v) is 5.03. The van der Waals surface area contributed by atoms with Gasteiger partial charge in [0.1, 0.15) is 11.9 Å². The first-order chi connectivity index (χ1) is 15.9. The number of alkyl halides is 1. The third kappa shape index (κ3) is 3.73. The van der Waals surface area contributed by atoms with Crippen LogP contribution in [0.5, 0.6) is 5.75 Å². The molecule has 2 N–H and O–H groups in total. The normalized spacial score (nSPS) is 24.5. The number of carbonyl (C=O) groups is 1. The summed E-state index contributed by atoms with van der Waals surface area (Å²) in [7, 11) is 1.76. The molecular formula is C22H24FN7O3. The van der Waals surface area contributed by atoms with E-state index in [0.717, 1.165) is 12.8 Å². The van der Waals surface area contributed by atoms with Crippen molar-refractivity contribution in [1.82, 2.24) is 30.1 Å². The van der Waals surface area contributed by atoms with Gasteiger partial charge in [-0.15, -0.1) is 10.2 Å². The Bertz CT molecular complexity index is 1140. The molecule has 0 aliphatic carbocycles. The maximum Gasteiger partial charge on any atom is 0.407 e. The van der Waals surface area contributed by atoms with Gasteiger partial charge >= 0.3 is 6.09 Å².